The normalized spacial score (nSPS) is 14.5. The summed E-state index contributed by atoms with van der Waals surface area (Å²) < 4.78 is 2.18. The molecule has 1 aliphatic rings. The Hall–Kier alpha value is -0.790. The van der Waals surface area contributed by atoms with Crippen LogP contribution in [0.5, 0.6) is 0 Å². The van der Waals surface area contributed by atoms with Gasteiger partial charge in [-0.05, 0) is 52.0 Å². The average Bonchev–Trinajstić information content (AvgIpc) is 2.60. The number of fused-ring (bicyclic) bond motifs is 1. The van der Waals surface area contributed by atoms with Gasteiger partial charge in [0.1, 0.15) is 0 Å². The Balaban J connectivity index is 0.000000531. The van der Waals surface area contributed by atoms with Crippen LogP contribution in [0.1, 0.15) is 63.5 Å². The van der Waals surface area contributed by atoms with E-state index in [9.17, 15) is 0 Å². The van der Waals surface area contributed by atoms with Crippen LogP contribution in [0, 0.1) is 6.92 Å². The van der Waals surface area contributed by atoms with Gasteiger partial charge < -0.3 is 0 Å². The fourth-order valence-corrected chi connectivity index (χ4v) is 2.24. The Morgan fingerprint density at radius 1 is 1.13 bits per heavy atom. The number of nitrogens with zero attached hydrogens (tertiary/aromatic N) is 2. The van der Waals surface area contributed by atoms with Crippen LogP contribution in [0.25, 0.3) is 0 Å². The van der Waals surface area contributed by atoms with Gasteiger partial charge in [0.15, 0.2) is 0 Å². The molecule has 0 spiro atoms. The first kappa shape index (κ1) is 12.3. The fourth-order valence-electron chi connectivity index (χ4n) is 2.24. The molecule has 0 N–H and O–H groups in total. The second-order valence-corrected chi connectivity index (χ2v) is 4.26. The molecule has 2 rings (SSSR count). The smallest absolute Gasteiger partial charge is 0.0659 e. The molecule has 2 heteroatoms. The Bertz CT molecular complexity index is 311. The van der Waals surface area contributed by atoms with Crippen molar-refractivity contribution in [2.24, 2.45) is 0 Å². The van der Waals surface area contributed by atoms with E-state index in [1.807, 2.05) is 13.8 Å². The monoisotopic (exact) mass is 208 g/mol. The van der Waals surface area contributed by atoms with Crippen LogP contribution in [-0.2, 0) is 12.8 Å². The summed E-state index contributed by atoms with van der Waals surface area (Å²) in [5, 5.41) is 4.67. The van der Waals surface area contributed by atoms with E-state index in [-0.39, 0.29) is 0 Å². The molecule has 1 aromatic heterocycles. The highest BCUT2D eigenvalue weighted by molar-refractivity contribution is 5.27. The van der Waals surface area contributed by atoms with Gasteiger partial charge in [0.05, 0.1) is 5.69 Å². The van der Waals surface area contributed by atoms with Crippen LogP contribution < -0.4 is 0 Å². The quantitative estimate of drug-likeness (QED) is 0.688. The van der Waals surface area contributed by atoms with Crippen LogP contribution in [0.4, 0.5) is 0 Å². The van der Waals surface area contributed by atoms with E-state index < -0.39 is 0 Å². The summed E-state index contributed by atoms with van der Waals surface area (Å²) in [4.78, 5) is 0. The number of hydrogen-bond donors (Lipinski definition) is 0. The van der Waals surface area contributed by atoms with Crippen LogP contribution >= 0.6 is 0 Å². The van der Waals surface area contributed by atoms with Crippen molar-refractivity contribution in [3.63, 3.8) is 0 Å². The van der Waals surface area contributed by atoms with Gasteiger partial charge in [0.2, 0.25) is 0 Å². The van der Waals surface area contributed by atoms with E-state index in [2.05, 4.69) is 30.6 Å². The zero-order valence-electron chi connectivity index (χ0n) is 10.8. The number of rotatable bonds is 1. The van der Waals surface area contributed by atoms with Crippen molar-refractivity contribution < 1.29 is 0 Å². The van der Waals surface area contributed by atoms with Crippen molar-refractivity contribution in [2.75, 3.05) is 0 Å². The van der Waals surface area contributed by atoms with Gasteiger partial charge in [-0.2, -0.15) is 5.10 Å². The molecule has 0 saturated heterocycles. The minimum absolute atomic E-state index is 0.505. The molecule has 0 atom stereocenters. The van der Waals surface area contributed by atoms with Crippen molar-refractivity contribution in [2.45, 2.75) is 66.3 Å². The molecule has 0 bridgehead atoms. The number of aryl methyl sites for hydroxylation is 1. The highest BCUT2D eigenvalue weighted by atomic mass is 15.3. The maximum atomic E-state index is 4.67. The van der Waals surface area contributed by atoms with E-state index in [1.165, 1.54) is 42.6 Å². The third-order valence-corrected chi connectivity index (χ3v) is 2.94. The first-order chi connectivity index (χ1) is 7.20. The lowest BCUT2D eigenvalue weighted by atomic mass is 9.96. The standard InChI is InChI=1S/C11H18N2.C2H6/c1-8(2)13-9(3)10-6-4-5-7-11(10)12-13;1-2/h8H,4-7H2,1-3H3;1-2H3. The molecule has 0 radical (unpaired) electrons. The summed E-state index contributed by atoms with van der Waals surface area (Å²) in [5.74, 6) is 0. The van der Waals surface area contributed by atoms with E-state index in [4.69, 9.17) is 0 Å². The molecule has 0 aliphatic heterocycles. The molecule has 0 saturated carbocycles. The molecule has 0 aromatic carbocycles. The molecular weight excluding hydrogens is 184 g/mol. The average molecular weight is 208 g/mol. The molecule has 1 heterocycles. The zero-order chi connectivity index (χ0) is 11.4. The fraction of sp³-hybridized carbons (Fsp3) is 0.769. The second kappa shape index (κ2) is 5.34. The topological polar surface area (TPSA) is 17.8 Å². The maximum Gasteiger partial charge on any atom is 0.0659 e. The summed E-state index contributed by atoms with van der Waals surface area (Å²) in [7, 11) is 0. The van der Waals surface area contributed by atoms with Gasteiger partial charge in [0.25, 0.3) is 0 Å². The Morgan fingerprint density at radius 2 is 1.73 bits per heavy atom. The minimum atomic E-state index is 0.505. The lowest BCUT2D eigenvalue weighted by Gasteiger charge is -2.09. The molecule has 1 aliphatic carbocycles. The van der Waals surface area contributed by atoms with Gasteiger partial charge in [-0.25, -0.2) is 0 Å². The SMILES string of the molecule is CC.Cc1c2c(nn1C(C)C)CCCC2. The number of aromatic nitrogens is 2. The van der Waals surface area contributed by atoms with Gasteiger partial charge in [-0.15, -0.1) is 0 Å². The van der Waals surface area contributed by atoms with Gasteiger partial charge in [-0.3, -0.25) is 4.68 Å². The summed E-state index contributed by atoms with van der Waals surface area (Å²) >= 11 is 0. The van der Waals surface area contributed by atoms with Crippen LogP contribution in [0.3, 0.4) is 0 Å². The third-order valence-electron chi connectivity index (χ3n) is 2.94. The van der Waals surface area contributed by atoms with Crippen molar-refractivity contribution in [1.82, 2.24) is 9.78 Å². The first-order valence-electron chi connectivity index (χ1n) is 6.27. The lowest BCUT2D eigenvalue weighted by molar-refractivity contribution is 0.513. The van der Waals surface area contributed by atoms with Crippen LogP contribution in [0.15, 0.2) is 0 Å². The van der Waals surface area contributed by atoms with E-state index in [1.54, 1.807) is 0 Å². The van der Waals surface area contributed by atoms with Gasteiger partial charge in [0, 0.05) is 11.7 Å². The predicted molar refractivity (Wildman–Crippen MR) is 65.3 cm³/mol. The molecule has 2 nitrogen and oxygen atoms in total. The molecule has 0 fully saturated rings. The Kier molecular flexibility index (Phi) is 4.37. The molecule has 1 aromatic rings. The van der Waals surface area contributed by atoms with E-state index >= 15 is 0 Å². The van der Waals surface area contributed by atoms with Crippen molar-refractivity contribution in [3.05, 3.63) is 17.0 Å². The summed E-state index contributed by atoms with van der Waals surface area (Å²) in [6.07, 6.45) is 5.10. The van der Waals surface area contributed by atoms with Crippen molar-refractivity contribution in [3.8, 4) is 0 Å². The molecule has 15 heavy (non-hydrogen) atoms. The van der Waals surface area contributed by atoms with Crippen molar-refractivity contribution in [1.29, 1.82) is 0 Å². The molecule has 0 amide bonds. The van der Waals surface area contributed by atoms with Crippen LogP contribution in [0.2, 0.25) is 0 Å². The summed E-state index contributed by atoms with van der Waals surface area (Å²) in [6, 6.07) is 0.505. The van der Waals surface area contributed by atoms with Crippen molar-refractivity contribution >= 4 is 0 Å². The van der Waals surface area contributed by atoms with Crippen LogP contribution in [-0.4, -0.2) is 9.78 Å². The first-order valence-corrected chi connectivity index (χ1v) is 6.27. The van der Waals surface area contributed by atoms with E-state index in [0.29, 0.717) is 6.04 Å². The van der Waals surface area contributed by atoms with Gasteiger partial charge in [-0.1, -0.05) is 13.8 Å². The third kappa shape index (κ3) is 2.42. The largest absolute Gasteiger partial charge is 0.267 e. The second-order valence-electron chi connectivity index (χ2n) is 4.26. The highest BCUT2D eigenvalue weighted by Gasteiger charge is 2.18. The summed E-state index contributed by atoms with van der Waals surface area (Å²) in [5.41, 5.74) is 4.28. The minimum Gasteiger partial charge on any atom is -0.267 e. The number of hydrogen-bond acceptors (Lipinski definition) is 1. The van der Waals surface area contributed by atoms with Gasteiger partial charge >= 0.3 is 0 Å². The lowest BCUT2D eigenvalue weighted by Crippen LogP contribution is -2.05. The Labute approximate surface area is 93.7 Å². The maximum absolute atomic E-state index is 4.67. The van der Waals surface area contributed by atoms with E-state index in [0.717, 1.165) is 0 Å². The molecule has 0 unspecified atom stereocenters. The molecular formula is C13H24N2. The highest BCUT2D eigenvalue weighted by Crippen LogP contribution is 2.25. The predicted octanol–water partition coefficient (Wildman–Crippen LogP) is 3.68. The molecule has 86 valence electrons. The summed E-state index contributed by atoms with van der Waals surface area (Å²) in [6.45, 7) is 10.6. The Morgan fingerprint density at radius 3 is 2.27 bits per heavy atom. The zero-order valence-corrected chi connectivity index (χ0v) is 10.8.